The molecular weight excluding hydrogens is 414 g/mol. The summed E-state index contributed by atoms with van der Waals surface area (Å²) in [5.41, 5.74) is 1.74. The summed E-state index contributed by atoms with van der Waals surface area (Å²) in [6.45, 7) is -0.0588. The van der Waals surface area contributed by atoms with Gasteiger partial charge in [-0.3, -0.25) is 14.2 Å². The largest absolute Gasteiger partial charge is 0.323 e. The van der Waals surface area contributed by atoms with E-state index in [4.69, 9.17) is 0 Å². The van der Waals surface area contributed by atoms with Gasteiger partial charge in [-0.1, -0.05) is 42.1 Å². The molecular formula is C23H19N3O2S2. The highest BCUT2D eigenvalue weighted by atomic mass is 32.2. The van der Waals surface area contributed by atoms with Gasteiger partial charge in [0.05, 0.1) is 17.4 Å². The highest BCUT2D eigenvalue weighted by Gasteiger charge is 2.21. The number of carbonyl (C=O) groups excluding carboxylic acids is 1. The molecule has 2 aromatic heterocycles. The molecule has 5 nitrogen and oxygen atoms in total. The predicted octanol–water partition coefficient (Wildman–Crippen LogP) is 4.74. The molecule has 4 aromatic rings. The van der Waals surface area contributed by atoms with E-state index < -0.39 is 0 Å². The fourth-order valence-corrected chi connectivity index (χ4v) is 5.89. The Morgan fingerprint density at radius 2 is 1.90 bits per heavy atom. The molecule has 30 heavy (non-hydrogen) atoms. The Morgan fingerprint density at radius 1 is 1.10 bits per heavy atom. The summed E-state index contributed by atoms with van der Waals surface area (Å²) >= 11 is 3.19. The van der Waals surface area contributed by atoms with Gasteiger partial charge >= 0.3 is 0 Å². The van der Waals surface area contributed by atoms with Gasteiger partial charge in [0.15, 0.2) is 0 Å². The van der Waals surface area contributed by atoms with Crippen molar-refractivity contribution in [3.8, 4) is 0 Å². The number of hydrogen-bond acceptors (Lipinski definition) is 5. The average molecular weight is 434 g/mol. The third-order valence-corrected chi connectivity index (χ3v) is 7.42. The fraction of sp³-hybridized carbons (Fsp3) is 0.174. The summed E-state index contributed by atoms with van der Waals surface area (Å²) < 4.78 is 1.41. The van der Waals surface area contributed by atoms with Crippen molar-refractivity contribution in [3.05, 3.63) is 81.7 Å². The molecule has 0 saturated heterocycles. The van der Waals surface area contributed by atoms with Crippen LogP contribution in [-0.4, -0.2) is 15.5 Å². The second-order valence-corrected chi connectivity index (χ2v) is 9.37. The van der Waals surface area contributed by atoms with Gasteiger partial charge in [0, 0.05) is 14.7 Å². The zero-order chi connectivity index (χ0) is 20.5. The Kier molecular flexibility index (Phi) is 5.14. The SMILES string of the molecule is O=C(Cn1cnc2sc3c(c2c1=O)CCC3)Nc1ccccc1Sc1ccccc1. The number of nitrogens with one attached hydrogen (secondary N) is 1. The Morgan fingerprint density at radius 3 is 2.77 bits per heavy atom. The monoisotopic (exact) mass is 433 g/mol. The molecule has 0 spiro atoms. The van der Waals surface area contributed by atoms with Crippen LogP contribution in [0.1, 0.15) is 16.9 Å². The van der Waals surface area contributed by atoms with Gasteiger partial charge in [0.1, 0.15) is 11.4 Å². The van der Waals surface area contributed by atoms with Gasteiger partial charge in [-0.05, 0) is 49.1 Å². The molecule has 0 aliphatic heterocycles. The lowest BCUT2D eigenvalue weighted by Gasteiger charge is -2.11. The molecule has 0 radical (unpaired) electrons. The van der Waals surface area contributed by atoms with Crippen LogP contribution in [0.25, 0.3) is 10.2 Å². The number of aryl methyl sites for hydroxylation is 2. The molecule has 1 N–H and O–H groups in total. The lowest BCUT2D eigenvalue weighted by molar-refractivity contribution is -0.116. The number of carbonyl (C=O) groups is 1. The minimum atomic E-state index is -0.244. The van der Waals surface area contributed by atoms with Crippen molar-refractivity contribution in [2.45, 2.75) is 35.6 Å². The van der Waals surface area contributed by atoms with Gasteiger partial charge in [0.2, 0.25) is 5.91 Å². The Balaban J connectivity index is 1.37. The topological polar surface area (TPSA) is 64.0 Å². The minimum absolute atomic E-state index is 0.0588. The van der Waals surface area contributed by atoms with Gasteiger partial charge in [-0.25, -0.2) is 4.98 Å². The van der Waals surface area contributed by atoms with Crippen molar-refractivity contribution < 1.29 is 4.79 Å². The van der Waals surface area contributed by atoms with Crippen LogP contribution in [0, 0.1) is 0 Å². The van der Waals surface area contributed by atoms with E-state index in [1.165, 1.54) is 15.8 Å². The third-order valence-electron chi connectivity index (χ3n) is 5.14. The third kappa shape index (κ3) is 3.66. The Bertz CT molecular complexity index is 1300. The van der Waals surface area contributed by atoms with Crippen LogP contribution in [0.2, 0.25) is 0 Å². The number of benzene rings is 2. The summed E-state index contributed by atoms with van der Waals surface area (Å²) in [5, 5.41) is 3.65. The number of aromatic nitrogens is 2. The average Bonchev–Trinajstić information content (AvgIpc) is 3.34. The molecule has 0 fully saturated rings. The maximum Gasteiger partial charge on any atom is 0.262 e. The van der Waals surface area contributed by atoms with Crippen molar-refractivity contribution in [2.24, 2.45) is 0 Å². The zero-order valence-corrected chi connectivity index (χ0v) is 17.8. The molecule has 1 amide bonds. The second-order valence-electron chi connectivity index (χ2n) is 7.17. The van der Waals surface area contributed by atoms with Crippen molar-refractivity contribution in [2.75, 3.05) is 5.32 Å². The first-order valence-corrected chi connectivity index (χ1v) is 11.4. The fourth-order valence-electron chi connectivity index (χ4n) is 3.75. The number of para-hydroxylation sites is 1. The van der Waals surface area contributed by atoms with E-state index in [0.29, 0.717) is 5.39 Å². The van der Waals surface area contributed by atoms with Gasteiger partial charge in [-0.2, -0.15) is 0 Å². The van der Waals surface area contributed by atoms with Crippen LogP contribution in [0.4, 0.5) is 5.69 Å². The highest BCUT2D eigenvalue weighted by Crippen LogP contribution is 2.35. The quantitative estimate of drug-likeness (QED) is 0.494. The van der Waals surface area contributed by atoms with Gasteiger partial charge in [-0.15, -0.1) is 11.3 Å². The lowest BCUT2D eigenvalue weighted by Crippen LogP contribution is -2.28. The van der Waals surface area contributed by atoms with Crippen molar-refractivity contribution >= 4 is 44.9 Å². The number of amides is 1. The number of hydrogen-bond donors (Lipinski definition) is 1. The van der Waals surface area contributed by atoms with E-state index in [-0.39, 0.29) is 18.0 Å². The van der Waals surface area contributed by atoms with Crippen LogP contribution < -0.4 is 10.9 Å². The van der Waals surface area contributed by atoms with Crippen LogP contribution in [0.15, 0.2) is 75.5 Å². The van der Waals surface area contributed by atoms with Gasteiger partial charge in [0.25, 0.3) is 5.56 Å². The molecule has 0 atom stereocenters. The molecule has 5 rings (SSSR count). The number of nitrogens with zero attached hydrogens (tertiary/aromatic N) is 2. The maximum absolute atomic E-state index is 13.0. The lowest BCUT2D eigenvalue weighted by atomic mass is 10.2. The number of fused-ring (bicyclic) bond motifs is 3. The predicted molar refractivity (Wildman–Crippen MR) is 122 cm³/mol. The van der Waals surface area contributed by atoms with Crippen LogP contribution in [-0.2, 0) is 24.2 Å². The molecule has 2 aromatic carbocycles. The first-order chi connectivity index (χ1) is 14.7. The molecule has 0 saturated carbocycles. The summed E-state index contributed by atoms with van der Waals surface area (Å²) in [6, 6.07) is 17.7. The standard InChI is InChI=1S/C23H19N3O2S2/c27-20(25-17-10-4-5-11-19(17)29-15-7-2-1-3-8-15)13-26-14-24-22-21(23(26)28)16-9-6-12-18(16)30-22/h1-5,7-8,10-11,14H,6,9,12-13H2,(H,25,27). The van der Waals surface area contributed by atoms with E-state index in [1.807, 2.05) is 54.6 Å². The smallest absolute Gasteiger partial charge is 0.262 e. The van der Waals surface area contributed by atoms with E-state index in [0.717, 1.165) is 45.1 Å². The maximum atomic E-state index is 13.0. The van der Waals surface area contributed by atoms with Crippen LogP contribution in [0.5, 0.6) is 0 Å². The summed E-state index contributed by atoms with van der Waals surface area (Å²) in [4.78, 5) is 34.3. The van der Waals surface area contributed by atoms with Crippen LogP contribution in [0.3, 0.4) is 0 Å². The summed E-state index contributed by atoms with van der Waals surface area (Å²) in [6.07, 6.45) is 4.51. The van der Waals surface area contributed by atoms with E-state index in [9.17, 15) is 9.59 Å². The normalized spacial score (nSPS) is 12.8. The molecule has 0 bridgehead atoms. The zero-order valence-electron chi connectivity index (χ0n) is 16.1. The van der Waals surface area contributed by atoms with Crippen LogP contribution >= 0.6 is 23.1 Å². The molecule has 1 aliphatic rings. The highest BCUT2D eigenvalue weighted by molar-refractivity contribution is 7.99. The van der Waals surface area contributed by atoms with Crippen molar-refractivity contribution in [3.63, 3.8) is 0 Å². The molecule has 1 aliphatic carbocycles. The first-order valence-electron chi connectivity index (χ1n) is 9.80. The molecule has 150 valence electrons. The summed E-state index contributed by atoms with van der Waals surface area (Å²) in [7, 11) is 0. The van der Waals surface area contributed by atoms with E-state index in [2.05, 4.69) is 10.3 Å². The molecule has 2 heterocycles. The van der Waals surface area contributed by atoms with Crippen molar-refractivity contribution in [1.82, 2.24) is 9.55 Å². The Labute approximate surface area is 181 Å². The first kappa shape index (κ1) is 19.1. The minimum Gasteiger partial charge on any atom is -0.323 e. The number of rotatable bonds is 5. The molecule has 0 unspecified atom stereocenters. The molecule has 7 heteroatoms. The van der Waals surface area contributed by atoms with Crippen molar-refractivity contribution in [1.29, 1.82) is 0 Å². The van der Waals surface area contributed by atoms with E-state index >= 15 is 0 Å². The van der Waals surface area contributed by atoms with Gasteiger partial charge < -0.3 is 5.32 Å². The number of thiophene rings is 1. The Hall–Kier alpha value is -2.90. The summed E-state index contributed by atoms with van der Waals surface area (Å²) in [5.74, 6) is -0.244. The van der Waals surface area contributed by atoms with E-state index in [1.54, 1.807) is 23.1 Å². The second kappa shape index (κ2) is 8.08. The number of anilines is 1.